The SMILES string of the molecule is OCc1ccc2nc(C34CCC(OCc5c(-c6c(Cl)cccc6Cl)noc5C5CC5)(CC3)CC4)ncc2c1. The Bertz CT molecular complexity index is 1490. The lowest BCUT2D eigenvalue weighted by Crippen LogP contribution is -2.50. The minimum Gasteiger partial charge on any atom is -0.392 e. The summed E-state index contributed by atoms with van der Waals surface area (Å²) in [6.45, 7) is 0.465. The molecule has 38 heavy (non-hydrogen) atoms. The lowest BCUT2D eigenvalue weighted by atomic mass is 9.58. The van der Waals surface area contributed by atoms with Crippen LogP contribution in [-0.4, -0.2) is 25.8 Å². The number of aromatic nitrogens is 3. The molecular weight excluding hydrogens is 521 g/mol. The summed E-state index contributed by atoms with van der Waals surface area (Å²) >= 11 is 13.1. The molecule has 8 heteroatoms. The smallest absolute Gasteiger partial charge is 0.145 e. The Labute approximate surface area is 231 Å². The fraction of sp³-hybridized carbons (Fsp3) is 0.433. The molecule has 2 aromatic heterocycles. The summed E-state index contributed by atoms with van der Waals surface area (Å²) in [5.41, 5.74) is 4.06. The summed E-state index contributed by atoms with van der Waals surface area (Å²) in [5.74, 6) is 2.26. The number of hydrogen-bond acceptors (Lipinski definition) is 6. The summed E-state index contributed by atoms with van der Waals surface area (Å²) in [4.78, 5) is 9.78. The predicted molar refractivity (Wildman–Crippen MR) is 146 cm³/mol. The number of halogens is 2. The van der Waals surface area contributed by atoms with Gasteiger partial charge in [-0.15, -0.1) is 0 Å². The summed E-state index contributed by atoms with van der Waals surface area (Å²) in [6, 6.07) is 11.4. The van der Waals surface area contributed by atoms with Crippen molar-refractivity contribution in [1.29, 1.82) is 0 Å². The molecule has 0 amide bonds. The lowest BCUT2D eigenvalue weighted by Gasteiger charge is -2.52. The van der Waals surface area contributed by atoms with Crippen LogP contribution in [0.5, 0.6) is 0 Å². The minimum atomic E-state index is -0.158. The Morgan fingerprint density at radius 3 is 2.42 bits per heavy atom. The van der Waals surface area contributed by atoms with Gasteiger partial charge in [0, 0.05) is 34.0 Å². The third kappa shape index (κ3) is 4.13. The zero-order valence-electron chi connectivity index (χ0n) is 21.1. The molecule has 4 aliphatic carbocycles. The standard InChI is InChI=1S/C30H29Cl2N3O3/c31-22-2-1-3-23(32)25(22)26-21(27(38-35-26)19-5-6-19)17-37-30-11-8-29(9-12-30,10-13-30)28-33-15-20-14-18(16-36)4-7-24(20)34-28/h1-4,7,14-15,19,36H,5-6,8-13,16-17H2. The Hall–Kier alpha value is -2.51. The zero-order valence-corrected chi connectivity index (χ0v) is 22.6. The monoisotopic (exact) mass is 549 g/mol. The molecule has 196 valence electrons. The van der Waals surface area contributed by atoms with E-state index in [4.69, 9.17) is 42.4 Å². The van der Waals surface area contributed by atoms with Gasteiger partial charge in [-0.25, -0.2) is 9.97 Å². The molecule has 2 bridgehead atoms. The highest BCUT2D eigenvalue weighted by Gasteiger charge is 2.52. The number of aliphatic hydroxyl groups is 1. The van der Waals surface area contributed by atoms with E-state index in [1.165, 1.54) is 0 Å². The lowest BCUT2D eigenvalue weighted by molar-refractivity contribution is -0.128. The second kappa shape index (κ2) is 9.30. The molecule has 0 saturated heterocycles. The first-order valence-electron chi connectivity index (χ1n) is 13.4. The second-order valence-electron chi connectivity index (χ2n) is 11.2. The number of nitrogens with zero attached hydrogens (tertiary/aromatic N) is 3. The van der Waals surface area contributed by atoms with E-state index < -0.39 is 0 Å². The van der Waals surface area contributed by atoms with E-state index in [2.05, 4.69) is 5.16 Å². The van der Waals surface area contributed by atoms with Gasteiger partial charge in [0.25, 0.3) is 0 Å². The molecule has 0 unspecified atom stereocenters. The molecule has 8 rings (SSSR count). The number of fused-ring (bicyclic) bond motifs is 4. The van der Waals surface area contributed by atoms with E-state index in [9.17, 15) is 5.11 Å². The van der Waals surface area contributed by atoms with E-state index in [0.29, 0.717) is 33.8 Å². The summed E-state index contributed by atoms with van der Waals surface area (Å²) in [7, 11) is 0. The van der Waals surface area contributed by atoms with Crippen molar-refractivity contribution in [3.05, 3.63) is 75.4 Å². The second-order valence-corrected chi connectivity index (χ2v) is 12.1. The van der Waals surface area contributed by atoms with Crippen LogP contribution in [0.3, 0.4) is 0 Å². The van der Waals surface area contributed by atoms with Gasteiger partial charge in [0.2, 0.25) is 0 Å². The van der Waals surface area contributed by atoms with Crippen molar-refractivity contribution in [3.63, 3.8) is 0 Å². The van der Waals surface area contributed by atoms with Gasteiger partial charge < -0.3 is 14.4 Å². The highest BCUT2D eigenvalue weighted by molar-refractivity contribution is 6.39. The maximum Gasteiger partial charge on any atom is 0.145 e. The Kier molecular flexibility index (Phi) is 6.00. The van der Waals surface area contributed by atoms with Gasteiger partial charge in [0.05, 0.1) is 34.4 Å². The molecule has 0 spiro atoms. The fourth-order valence-electron chi connectivity index (χ4n) is 6.41. The Balaban J connectivity index is 1.11. The van der Waals surface area contributed by atoms with Crippen LogP contribution in [0.4, 0.5) is 0 Å². The topological polar surface area (TPSA) is 81.3 Å². The van der Waals surface area contributed by atoms with Crippen LogP contribution in [0.15, 0.2) is 47.1 Å². The van der Waals surface area contributed by atoms with Crippen LogP contribution < -0.4 is 0 Å². The molecular formula is C30H29Cl2N3O3. The average molecular weight is 550 g/mol. The summed E-state index contributed by atoms with van der Waals surface area (Å²) < 4.78 is 12.6. The third-order valence-corrected chi connectivity index (χ3v) is 9.60. The van der Waals surface area contributed by atoms with Crippen LogP contribution in [0, 0.1) is 0 Å². The van der Waals surface area contributed by atoms with Crippen molar-refractivity contribution in [2.75, 3.05) is 0 Å². The van der Waals surface area contributed by atoms with E-state index >= 15 is 0 Å². The van der Waals surface area contributed by atoms with E-state index in [0.717, 1.165) is 85.0 Å². The minimum absolute atomic E-state index is 0.00156. The number of hydrogen-bond donors (Lipinski definition) is 1. The van der Waals surface area contributed by atoms with Crippen LogP contribution >= 0.6 is 23.2 Å². The number of aliphatic hydroxyl groups excluding tert-OH is 1. The quantitative estimate of drug-likeness (QED) is 0.256. The normalized spacial score (nSPS) is 24.8. The molecule has 0 radical (unpaired) electrons. The summed E-state index contributed by atoms with van der Waals surface area (Å²) in [5, 5.41) is 16.0. The molecule has 2 heterocycles. The van der Waals surface area contributed by atoms with Gasteiger partial charge >= 0.3 is 0 Å². The van der Waals surface area contributed by atoms with E-state index in [1.54, 1.807) is 0 Å². The Morgan fingerprint density at radius 2 is 1.74 bits per heavy atom. The third-order valence-electron chi connectivity index (χ3n) is 8.97. The molecule has 4 fully saturated rings. The van der Waals surface area contributed by atoms with Crippen molar-refractivity contribution < 1.29 is 14.4 Å². The highest BCUT2D eigenvalue weighted by atomic mass is 35.5. The van der Waals surface area contributed by atoms with Gasteiger partial charge in [-0.05, 0) is 81.2 Å². The zero-order chi connectivity index (χ0) is 25.9. The van der Waals surface area contributed by atoms with Crippen LogP contribution in [0.2, 0.25) is 10.0 Å². The molecule has 6 nitrogen and oxygen atoms in total. The molecule has 0 atom stereocenters. The average Bonchev–Trinajstić information content (AvgIpc) is 3.72. The van der Waals surface area contributed by atoms with Gasteiger partial charge in [0.1, 0.15) is 17.3 Å². The fourth-order valence-corrected chi connectivity index (χ4v) is 6.99. The predicted octanol–water partition coefficient (Wildman–Crippen LogP) is 7.52. The molecule has 4 aliphatic rings. The van der Waals surface area contributed by atoms with Crippen LogP contribution in [0.25, 0.3) is 22.2 Å². The largest absolute Gasteiger partial charge is 0.392 e. The van der Waals surface area contributed by atoms with E-state index in [-0.39, 0.29) is 17.6 Å². The molecule has 4 aromatic rings. The molecule has 0 aliphatic heterocycles. The summed E-state index contributed by atoms with van der Waals surface area (Å²) in [6.07, 6.45) is 10.1. The first-order chi connectivity index (χ1) is 18.5. The van der Waals surface area contributed by atoms with Crippen LogP contribution in [0.1, 0.15) is 80.0 Å². The van der Waals surface area contributed by atoms with Gasteiger partial charge in [-0.2, -0.15) is 0 Å². The van der Waals surface area contributed by atoms with Crippen molar-refractivity contribution in [3.8, 4) is 11.3 Å². The van der Waals surface area contributed by atoms with Crippen molar-refractivity contribution in [1.82, 2.24) is 15.1 Å². The number of ether oxygens (including phenoxy) is 1. The van der Waals surface area contributed by atoms with Gasteiger partial charge in [-0.1, -0.05) is 40.5 Å². The molecule has 1 N–H and O–H groups in total. The van der Waals surface area contributed by atoms with E-state index in [1.807, 2.05) is 42.6 Å². The van der Waals surface area contributed by atoms with Crippen molar-refractivity contribution in [2.45, 2.75) is 81.5 Å². The molecule has 4 saturated carbocycles. The number of benzene rings is 2. The first kappa shape index (κ1) is 24.5. The Morgan fingerprint density at radius 1 is 1.00 bits per heavy atom. The van der Waals surface area contributed by atoms with Gasteiger partial charge in [0.15, 0.2) is 0 Å². The maximum atomic E-state index is 9.44. The van der Waals surface area contributed by atoms with Crippen molar-refractivity contribution in [2.24, 2.45) is 0 Å². The number of rotatable bonds is 7. The maximum absolute atomic E-state index is 9.44. The first-order valence-corrected chi connectivity index (χ1v) is 14.2. The van der Waals surface area contributed by atoms with Crippen LogP contribution in [-0.2, 0) is 23.4 Å². The highest BCUT2D eigenvalue weighted by Crippen LogP contribution is 2.55. The van der Waals surface area contributed by atoms with Gasteiger partial charge in [-0.3, -0.25) is 0 Å². The molecule has 2 aromatic carbocycles. The van der Waals surface area contributed by atoms with Crippen molar-refractivity contribution >= 4 is 34.1 Å².